The summed E-state index contributed by atoms with van der Waals surface area (Å²) in [6.07, 6.45) is 0. The summed E-state index contributed by atoms with van der Waals surface area (Å²) in [5.74, 6) is 4.93. The molecule has 0 atom stereocenters. The third-order valence-corrected chi connectivity index (χ3v) is 4.14. The standard InChI is InChI=1S/C17H19N3O/c1-11-6-14-9-20(10-15(14)7-12(11)2)16-5-3-4-13(8-16)17(21)19-18/h3-8H,9-10,18H2,1-2H3,(H,19,21). The number of hydrogen-bond donors (Lipinski definition) is 2. The lowest BCUT2D eigenvalue weighted by molar-refractivity contribution is 0.0953. The molecule has 3 rings (SSSR count). The lowest BCUT2D eigenvalue weighted by Crippen LogP contribution is -2.30. The summed E-state index contributed by atoms with van der Waals surface area (Å²) in [5, 5.41) is 0. The van der Waals surface area contributed by atoms with E-state index in [0.717, 1.165) is 18.8 Å². The van der Waals surface area contributed by atoms with E-state index in [4.69, 9.17) is 5.84 Å². The number of hydrazine groups is 1. The third kappa shape index (κ3) is 2.50. The fourth-order valence-corrected chi connectivity index (χ4v) is 2.81. The van der Waals surface area contributed by atoms with Crippen molar-refractivity contribution in [3.05, 3.63) is 64.2 Å². The summed E-state index contributed by atoms with van der Waals surface area (Å²) in [4.78, 5) is 13.9. The van der Waals surface area contributed by atoms with Crippen LogP contribution in [0.25, 0.3) is 0 Å². The van der Waals surface area contributed by atoms with E-state index < -0.39 is 0 Å². The van der Waals surface area contributed by atoms with Gasteiger partial charge >= 0.3 is 0 Å². The zero-order valence-corrected chi connectivity index (χ0v) is 12.3. The predicted molar refractivity (Wildman–Crippen MR) is 83.9 cm³/mol. The summed E-state index contributed by atoms with van der Waals surface area (Å²) >= 11 is 0. The van der Waals surface area contributed by atoms with E-state index in [1.807, 2.05) is 18.2 Å². The zero-order valence-electron chi connectivity index (χ0n) is 12.3. The van der Waals surface area contributed by atoms with E-state index in [0.29, 0.717) is 5.56 Å². The van der Waals surface area contributed by atoms with E-state index in [2.05, 4.69) is 36.3 Å². The number of nitrogen functional groups attached to an aromatic ring is 1. The number of fused-ring (bicyclic) bond motifs is 1. The van der Waals surface area contributed by atoms with Crippen LogP contribution in [0.2, 0.25) is 0 Å². The van der Waals surface area contributed by atoms with E-state index in [-0.39, 0.29) is 5.91 Å². The lowest BCUT2D eigenvalue weighted by atomic mass is 10.0. The maximum absolute atomic E-state index is 11.6. The topological polar surface area (TPSA) is 58.4 Å². The Hall–Kier alpha value is -2.33. The number of hydrogen-bond acceptors (Lipinski definition) is 3. The molecule has 1 heterocycles. The molecule has 2 aromatic rings. The van der Waals surface area contributed by atoms with Crippen LogP contribution in [0, 0.1) is 13.8 Å². The van der Waals surface area contributed by atoms with Gasteiger partial charge in [0.25, 0.3) is 5.91 Å². The highest BCUT2D eigenvalue weighted by atomic mass is 16.2. The molecule has 0 spiro atoms. The maximum Gasteiger partial charge on any atom is 0.265 e. The predicted octanol–water partition coefficient (Wildman–Crippen LogP) is 2.43. The van der Waals surface area contributed by atoms with Gasteiger partial charge in [0.15, 0.2) is 0 Å². The van der Waals surface area contributed by atoms with Gasteiger partial charge in [-0.2, -0.15) is 0 Å². The van der Waals surface area contributed by atoms with Gasteiger partial charge in [0, 0.05) is 24.3 Å². The van der Waals surface area contributed by atoms with E-state index in [9.17, 15) is 4.79 Å². The summed E-state index contributed by atoms with van der Waals surface area (Å²) in [7, 11) is 0. The van der Waals surface area contributed by atoms with Crippen molar-refractivity contribution < 1.29 is 4.79 Å². The number of aryl methyl sites for hydroxylation is 2. The number of carbonyl (C=O) groups excluding carboxylic acids is 1. The molecule has 1 amide bonds. The van der Waals surface area contributed by atoms with Gasteiger partial charge < -0.3 is 4.90 Å². The quantitative estimate of drug-likeness (QED) is 0.505. The molecule has 0 fully saturated rings. The van der Waals surface area contributed by atoms with Crippen LogP contribution in [-0.2, 0) is 13.1 Å². The molecule has 1 aliphatic heterocycles. The largest absolute Gasteiger partial charge is 0.363 e. The van der Waals surface area contributed by atoms with Crippen molar-refractivity contribution in [2.45, 2.75) is 26.9 Å². The molecule has 0 radical (unpaired) electrons. The average molecular weight is 281 g/mol. The van der Waals surface area contributed by atoms with Crippen LogP contribution >= 0.6 is 0 Å². The number of rotatable bonds is 2. The SMILES string of the molecule is Cc1cc2c(cc1C)CN(c1cccc(C(=O)NN)c1)C2. The minimum Gasteiger partial charge on any atom is -0.363 e. The van der Waals surface area contributed by atoms with Crippen LogP contribution in [-0.4, -0.2) is 5.91 Å². The van der Waals surface area contributed by atoms with E-state index in [1.54, 1.807) is 6.07 Å². The minimum atomic E-state index is -0.264. The first kappa shape index (κ1) is 13.6. The van der Waals surface area contributed by atoms with Crippen molar-refractivity contribution in [1.82, 2.24) is 5.43 Å². The minimum absolute atomic E-state index is 0.264. The van der Waals surface area contributed by atoms with Crippen molar-refractivity contribution in [3.8, 4) is 0 Å². The molecule has 3 N–H and O–H groups in total. The Labute approximate surface area is 124 Å². The monoisotopic (exact) mass is 281 g/mol. The van der Waals surface area contributed by atoms with Gasteiger partial charge in [0.1, 0.15) is 0 Å². The average Bonchev–Trinajstić information content (AvgIpc) is 2.90. The van der Waals surface area contributed by atoms with Gasteiger partial charge in [-0.15, -0.1) is 0 Å². The first-order chi connectivity index (χ1) is 10.1. The fraction of sp³-hybridized carbons (Fsp3) is 0.235. The number of benzene rings is 2. The molecule has 108 valence electrons. The molecule has 4 nitrogen and oxygen atoms in total. The van der Waals surface area contributed by atoms with Crippen LogP contribution in [0.1, 0.15) is 32.6 Å². The molecule has 4 heteroatoms. The molecular formula is C17H19N3O. The maximum atomic E-state index is 11.6. The van der Waals surface area contributed by atoms with Gasteiger partial charge in [-0.25, -0.2) is 5.84 Å². The van der Waals surface area contributed by atoms with Crippen molar-refractivity contribution in [3.63, 3.8) is 0 Å². The van der Waals surface area contributed by atoms with E-state index in [1.165, 1.54) is 22.3 Å². The zero-order chi connectivity index (χ0) is 15.0. The Balaban J connectivity index is 1.89. The first-order valence-corrected chi connectivity index (χ1v) is 7.03. The summed E-state index contributed by atoms with van der Waals surface area (Å²) in [6, 6.07) is 12.1. The van der Waals surface area contributed by atoms with Crippen molar-refractivity contribution >= 4 is 11.6 Å². The van der Waals surface area contributed by atoms with Gasteiger partial charge in [0.05, 0.1) is 0 Å². The Bertz CT molecular complexity index is 678. The smallest absolute Gasteiger partial charge is 0.265 e. The van der Waals surface area contributed by atoms with Crippen molar-refractivity contribution in [1.29, 1.82) is 0 Å². The van der Waals surface area contributed by atoms with Crippen molar-refractivity contribution in [2.75, 3.05) is 4.90 Å². The second kappa shape index (κ2) is 5.22. The summed E-state index contributed by atoms with van der Waals surface area (Å²) in [6.45, 7) is 6.04. The highest BCUT2D eigenvalue weighted by molar-refractivity contribution is 5.94. The third-order valence-electron chi connectivity index (χ3n) is 4.14. The Morgan fingerprint density at radius 2 is 1.71 bits per heavy atom. The number of nitrogens with zero attached hydrogens (tertiary/aromatic N) is 1. The van der Waals surface area contributed by atoms with Gasteiger partial charge in [-0.1, -0.05) is 18.2 Å². The molecule has 0 saturated carbocycles. The molecule has 21 heavy (non-hydrogen) atoms. The molecule has 0 bridgehead atoms. The molecule has 1 aliphatic rings. The Morgan fingerprint density at radius 1 is 1.10 bits per heavy atom. The molecule has 0 saturated heterocycles. The first-order valence-electron chi connectivity index (χ1n) is 7.03. The highest BCUT2D eigenvalue weighted by Crippen LogP contribution is 2.30. The van der Waals surface area contributed by atoms with Crippen LogP contribution in [0.5, 0.6) is 0 Å². The molecule has 0 aromatic heterocycles. The van der Waals surface area contributed by atoms with Gasteiger partial charge in [0.2, 0.25) is 0 Å². The Morgan fingerprint density at radius 3 is 2.29 bits per heavy atom. The Kier molecular flexibility index (Phi) is 3.39. The molecule has 0 unspecified atom stereocenters. The molecule has 0 aliphatic carbocycles. The fourth-order valence-electron chi connectivity index (χ4n) is 2.81. The normalized spacial score (nSPS) is 13.2. The number of nitrogens with one attached hydrogen (secondary N) is 1. The second-order valence-electron chi connectivity index (χ2n) is 5.59. The molecule has 2 aromatic carbocycles. The van der Waals surface area contributed by atoms with Crippen LogP contribution < -0.4 is 16.2 Å². The highest BCUT2D eigenvalue weighted by Gasteiger charge is 2.20. The van der Waals surface area contributed by atoms with Crippen LogP contribution in [0.3, 0.4) is 0 Å². The lowest BCUT2D eigenvalue weighted by Gasteiger charge is -2.18. The molecular weight excluding hydrogens is 262 g/mol. The van der Waals surface area contributed by atoms with Gasteiger partial charge in [-0.3, -0.25) is 10.2 Å². The van der Waals surface area contributed by atoms with Crippen LogP contribution in [0.4, 0.5) is 5.69 Å². The van der Waals surface area contributed by atoms with Gasteiger partial charge in [-0.05, 0) is 54.3 Å². The number of nitrogens with two attached hydrogens (primary N) is 1. The summed E-state index contributed by atoms with van der Waals surface area (Å²) < 4.78 is 0. The number of carbonyl (C=O) groups is 1. The van der Waals surface area contributed by atoms with E-state index >= 15 is 0 Å². The summed E-state index contributed by atoms with van der Waals surface area (Å²) in [5.41, 5.74) is 9.19. The van der Waals surface area contributed by atoms with Crippen LogP contribution in [0.15, 0.2) is 36.4 Å². The van der Waals surface area contributed by atoms with Crippen molar-refractivity contribution in [2.24, 2.45) is 5.84 Å². The number of anilines is 1. The second-order valence-corrected chi connectivity index (χ2v) is 5.59. The number of amides is 1.